The molecule has 0 saturated heterocycles. The summed E-state index contributed by atoms with van der Waals surface area (Å²) in [6, 6.07) is 16.5. The number of rotatable bonds is 5. The maximum Gasteiger partial charge on any atom is 0.191 e. The van der Waals surface area contributed by atoms with Crippen LogP contribution in [0.2, 0.25) is 0 Å². The van der Waals surface area contributed by atoms with Crippen molar-refractivity contribution in [1.82, 2.24) is 24.1 Å². The number of fused-ring (bicyclic) bond motifs is 1. The Kier molecular flexibility index (Phi) is 4.69. The third kappa shape index (κ3) is 3.36. The number of benzene rings is 1. The first-order valence-corrected chi connectivity index (χ1v) is 11.2. The zero-order valence-electron chi connectivity index (χ0n) is 16.1. The number of hydrogen-bond acceptors (Lipinski definition) is 5. The van der Waals surface area contributed by atoms with Crippen LogP contribution in [0.25, 0.3) is 28.2 Å². The van der Waals surface area contributed by atoms with Crippen molar-refractivity contribution in [2.24, 2.45) is 7.05 Å². The predicted molar refractivity (Wildman–Crippen MR) is 119 cm³/mol. The van der Waals surface area contributed by atoms with Crippen molar-refractivity contribution in [2.45, 2.75) is 17.8 Å². The topological polar surface area (TPSA) is 48.0 Å². The highest BCUT2D eigenvalue weighted by atomic mass is 32.2. The Labute approximate surface area is 177 Å². The molecule has 7 heteroatoms. The van der Waals surface area contributed by atoms with E-state index in [1.54, 1.807) is 23.1 Å². The third-order valence-corrected chi connectivity index (χ3v) is 6.84. The normalized spacial score (nSPS) is 11.4. The number of imidazole rings is 1. The van der Waals surface area contributed by atoms with Crippen LogP contribution in [0.4, 0.5) is 0 Å². The van der Waals surface area contributed by atoms with E-state index in [2.05, 4.69) is 62.5 Å². The van der Waals surface area contributed by atoms with E-state index in [-0.39, 0.29) is 0 Å². The van der Waals surface area contributed by atoms with Crippen LogP contribution < -0.4 is 0 Å². The average Bonchev–Trinajstić information content (AvgIpc) is 3.43. The van der Waals surface area contributed by atoms with Gasteiger partial charge in [-0.1, -0.05) is 48.2 Å². The molecule has 144 valence electrons. The summed E-state index contributed by atoms with van der Waals surface area (Å²) in [7, 11) is 2.03. The summed E-state index contributed by atoms with van der Waals surface area (Å²) in [5.74, 6) is 1.65. The lowest BCUT2D eigenvalue weighted by Crippen LogP contribution is -1.95. The first-order chi connectivity index (χ1) is 14.2. The molecule has 0 amide bonds. The van der Waals surface area contributed by atoms with E-state index >= 15 is 0 Å². The van der Waals surface area contributed by atoms with E-state index in [4.69, 9.17) is 0 Å². The van der Waals surface area contributed by atoms with E-state index < -0.39 is 0 Å². The highest BCUT2D eigenvalue weighted by molar-refractivity contribution is 7.98. The molecule has 0 aliphatic heterocycles. The van der Waals surface area contributed by atoms with Gasteiger partial charge in [-0.2, -0.15) is 0 Å². The van der Waals surface area contributed by atoms with Crippen LogP contribution in [0.1, 0.15) is 10.6 Å². The molecule has 1 aromatic carbocycles. The minimum Gasteiger partial charge on any atom is -0.307 e. The molecule has 0 bridgehead atoms. The van der Waals surface area contributed by atoms with Gasteiger partial charge in [-0.3, -0.25) is 0 Å². The lowest BCUT2D eigenvalue weighted by atomic mass is 10.0. The Morgan fingerprint density at radius 2 is 1.86 bits per heavy atom. The van der Waals surface area contributed by atoms with E-state index in [1.807, 2.05) is 41.9 Å². The van der Waals surface area contributed by atoms with Crippen LogP contribution in [-0.4, -0.2) is 24.1 Å². The highest BCUT2D eigenvalue weighted by Crippen LogP contribution is 2.38. The van der Waals surface area contributed by atoms with Crippen molar-refractivity contribution in [3.05, 3.63) is 76.9 Å². The second-order valence-corrected chi connectivity index (χ2v) is 8.83. The maximum absolute atomic E-state index is 4.67. The summed E-state index contributed by atoms with van der Waals surface area (Å²) in [5.41, 5.74) is 5.57. The summed E-state index contributed by atoms with van der Waals surface area (Å²) in [4.78, 5) is 5.95. The van der Waals surface area contributed by atoms with Gasteiger partial charge in [0.2, 0.25) is 0 Å². The van der Waals surface area contributed by atoms with Gasteiger partial charge in [-0.15, -0.1) is 21.5 Å². The lowest BCUT2D eigenvalue weighted by Gasteiger charge is -2.07. The molecule has 0 N–H and O–H groups in total. The van der Waals surface area contributed by atoms with Crippen molar-refractivity contribution in [1.29, 1.82) is 0 Å². The first-order valence-electron chi connectivity index (χ1n) is 9.29. The van der Waals surface area contributed by atoms with Crippen LogP contribution in [0.3, 0.4) is 0 Å². The van der Waals surface area contributed by atoms with Gasteiger partial charge in [0.05, 0.1) is 5.69 Å². The van der Waals surface area contributed by atoms with Gasteiger partial charge in [0, 0.05) is 46.6 Å². The molecule has 0 atom stereocenters. The fraction of sp³-hybridized carbons (Fsp3) is 0.136. The van der Waals surface area contributed by atoms with E-state index in [9.17, 15) is 0 Å². The predicted octanol–water partition coefficient (Wildman–Crippen LogP) is 5.46. The highest BCUT2D eigenvalue weighted by Gasteiger charge is 2.19. The summed E-state index contributed by atoms with van der Waals surface area (Å²) in [6.45, 7) is 2.16. The van der Waals surface area contributed by atoms with Crippen LogP contribution >= 0.6 is 23.1 Å². The van der Waals surface area contributed by atoms with Crippen molar-refractivity contribution < 1.29 is 0 Å². The zero-order valence-corrected chi connectivity index (χ0v) is 17.7. The second kappa shape index (κ2) is 7.50. The largest absolute Gasteiger partial charge is 0.307 e. The van der Waals surface area contributed by atoms with E-state index in [0.29, 0.717) is 0 Å². The van der Waals surface area contributed by atoms with Gasteiger partial charge in [0.15, 0.2) is 11.0 Å². The van der Waals surface area contributed by atoms with Gasteiger partial charge in [0.1, 0.15) is 5.65 Å². The van der Waals surface area contributed by atoms with Gasteiger partial charge in [-0.05, 0) is 24.6 Å². The van der Waals surface area contributed by atoms with Gasteiger partial charge >= 0.3 is 0 Å². The third-order valence-electron chi connectivity index (χ3n) is 4.88. The van der Waals surface area contributed by atoms with Crippen molar-refractivity contribution >= 4 is 28.7 Å². The van der Waals surface area contributed by atoms with Crippen molar-refractivity contribution in [3.8, 4) is 22.5 Å². The van der Waals surface area contributed by atoms with Gasteiger partial charge in [0.25, 0.3) is 0 Å². The molecular weight excluding hydrogens is 398 g/mol. The van der Waals surface area contributed by atoms with E-state index in [1.165, 1.54) is 16.0 Å². The quantitative estimate of drug-likeness (QED) is 0.356. The molecule has 5 aromatic rings. The summed E-state index contributed by atoms with van der Waals surface area (Å²) in [6.07, 6.45) is 4.08. The molecule has 0 spiro atoms. The first kappa shape index (κ1) is 18.1. The molecule has 0 fully saturated rings. The number of thiophene rings is 1. The van der Waals surface area contributed by atoms with Crippen LogP contribution in [-0.2, 0) is 12.8 Å². The average molecular weight is 418 g/mol. The molecule has 0 aliphatic carbocycles. The molecular formula is C22H19N5S2. The number of nitrogens with zero attached hydrogens (tertiary/aromatic N) is 5. The van der Waals surface area contributed by atoms with Crippen LogP contribution in [0.5, 0.6) is 0 Å². The second-order valence-electron chi connectivity index (χ2n) is 6.80. The van der Waals surface area contributed by atoms with Gasteiger partial charge in [-0.25, -0.2) is 4.98 Å². The zero-order chi connectivity index (χ0) is 19.8. The monoisotopic (exact) mass is 417 g/mol. The molecule has 29 heavy (non-hydrogen) atoms. The van der Waals surface area contributed by atoms with Crippen molar-refractivity contribution in [3.63, 3.8) is 0 Å². The fourth-order valence-electron chi connectivity index (χ4n) is 3.45. The number of hydrogen-bond donors (Lipinski definition) is 0. The molecule has 0 radical (unpaired) electrons. The number of pyridine rings is 1. The Morgan fingerprint density at radius 1 is 1.03 bits per heavy atom. The summed E-state index contributed by atoms with van der Waals surface area (Å²) >= 11 is 3.41. The maximum atomic E-state index is 4.67. The van der Waals surface area contributed by atoms with E-state index in [0.717, 1.165) is 33.6 Å². The number of aryl methyl sites for hydroxylation is 1. The smallest absolute Gasteiger partial charge is 0.191 e. The van der Waals surface area contributed by atoms with Crippen LogP contribution in [0, 0.1) is 6.92 Å². The fourth-order valence-corrected chi connectivity index (χ4v) is 5.11. The van der Waals surface area contributed by atoms with Gasteiger partial charge < -0.3 is 8.97 Å². The molecule has 5 nitrogen and oxygen atoms in total. The molecule has 0 saturated carbocycles. The Hall–Kier alpha value is -2.90. The van der Waals surface area contributed by atoms with Crippen molar-refractivity contribution in [2.75, 3.05) is 0 Å². The molecule has 0 unspecified atom stereocenters. The van der Waals surface area contributed by atoms with Crippen LogP contribution in [0.15, 0.2) is 71.5 Å². The Morgan fingerprint density at radius 3 is 2.69 bits per heavy atom. The Bertz CT molecular complexity index is 1250. The summed E-state index contributed by atoms with van der Waals surface area (Å²) < 4.78 is 4.12. The Balaban J connectivity index is 1.43. The number of thioether (sulfide) groups is 1. The standard InChI is InChI=1S/C22H19N5S2/c1-15-20(16-8-4-3-5-9-16)18(14-28-15)21-24-25-22(26(21)2)29-13-17-12-27-11-7-6-10-19(27)23-17/h3-12,14H,13H2,1-2H3. The summed E-state index contributed by atoms with van der Waals surface area (Å²) in [5, 5.41) is 12.0. The number of aromatic nitrogens is 5. The minimum absolute atomic E-state index is 0.752. The minimum atomic E-state index is 0.752. The lowest BCUT2D eigenvalue weighted by molar-refractivity contribution is 0.794. The molecule has 4 aromatic heterocycles. The molecule has 0 aliphatic rings. The SMILES string of the molecule is Cc1scc(-c2nnc(SCc3cn4ccccc4n3)n2C)c1-c1ccccc1. The molecule has 5 rings (SSSR count). The molecule has 4 heterocycles.